The Kier molecular flexibility index (Phi) is 9.51. The fourth-order valence-corrected chi connectivity index (χ4v) is 6.24. The smallest absolute Gasteiger partial charge is 0.545 e. The van der Waals surface area contributed by atoms with E-state index in [-0.39, 0.29) is 35.1 Å². The summed E-state index contributed by atoms with van der Waals surface area (Å²) in [6.45, 7) is 2.97. The Morgan fingerprint density at radius 1 is 1.06 bits per heavy atom. The summed E-state index contributed by atoms with van der Waals surface area (Å²) in [6.07, 6.45) is 9.83. The van der Waals surface area contributed by atoms with Gasteiger partial charge in [-0.25, -0.2) is 4.98 Å². The molecule has 1 heterocycles. The van der Waals surface area contributed by atoms with Crippen molar-refractivity contribution in [1.29, 1.82) is 0 Å². The molecule has 36 heavy (non-hydrogen) atoms. The summed E-state index contributed by atoms with van der Waals surface area (Å²) in [5, 5.41) is 14.4. The monoisotopic (exact) mass is 512 g/mol. The molecule has 0 N–H and O–H groups in total. The Morgan fingerprint density at radius 2 is 1.78 bits per heavy atom. The molecular weight excluding hydrogens is 479 g/mol. The van der Waals surface area contributed by atoms with Crippen LogP contribution in [0.25, 0.3) is 11.3 Å². The number of benzene rings is 2. The molecule has 0 saturated heterocycles. The van der Waals surface area contributed by atoms with Crippen molar-refractivity contribution in [1.82, 2.24) is 4.98 Å². The number of aromatic carboxylic acids is 1. The molecule has 7 heteroatoms. The molecule has 5 nitrogen and oxygen atoms in total. The van der Waals surface area contributed by atoms with Crippen LogP contribution in [0.2, 0.25) is 0 Å². The maximum Gasteiger partial charge on any atom is 1.00 e. The molecule has 0 atom stereocenters. The predicted octanol–water partition coefficient (Wildman–Crippen LogP) is 3.08. The third kappa shape index (κ3) is 6.71. The average molecular weight is 513 g/mol. The Hall–Kier alpha value is -1.86. The number of hydrogen-bond acceptors (Lipinski definition) is 6. The van der Waals surface area contributed by atoms with E-state index in [2.05, 4.69) is 41.5 Å². The molecular formula is C29H33N2NaO3S. The first kappa shape index (κ1) is 27.2. The molecule has 0 bridgehead atoms. The molecule has 0 aliphatic heterocycles. The maximum atomic E-state index is 11.3. The van der Waals surface area contributed by atoms with Crippen LogP contribution < -0.4 is 44.3 Å². The molecule has 1 aromatic heterocycles. The van der Waals surface area contributed by atoms with Gasteiger partial charge >= 0.3 is 29.6 Å². The molecule has 2 aliphatic rings. The summed E-state index contributed by atoms with van der Waals surface area (Å²) >= 11 is 1.66. The fraction of sp³-hybridized carbons (Fsp3) is 0.448. The number of aromatic nitrogens is 1. The van der Waals surface area contributed by atoms with Crippen molar-refractivity contribution >= 4 is 22.4 Å². The van der Waals surface area contributed by atoms with Crippen LogP contribution in [0.4, 0.5) is 5.13 Å². The first-order chi connectivity index (χ1) is 17.0. The first-order valence-electron chi connectivity index (χ1n) is 12.8. The standard InChI is InChI=1S/C29H34N2O3S.Na/c1-20-9-13-25(14-10-20)34-26-15-11-22(12-16-26)27-19-35-29(30-27)31(24-7-2-3-8-24)18-21-5-4-6-23(17-21)28(32)33;/h4-6,11-12,15-17,19-20,24-25H,2-3,7-10,13-14,18H2,1H3,(H,32,33);/q;+1/p-1/t20-,25-;. The van der Waals surface area contributed by atoms with Gasteiger partial charge in [-0.2, -0.15) is 0 Å². The SMILES string of the molecule is C[C@H]1CC[C@H](Oc2ccc(-c3csc(N(Cc4cccc(C(=O)[O-])c4)C4CCCC4)n3)cc2)CC1.[Na+]. The largest absolute Gasteiger partial charge is 1.00 e. The molecule has 0 unspecified atom stereocenters. The van der Waals surface area contributed by atoms with E-state index in [0.29, 0.717) is 18.7 Å². The van der Waals surface area contributed by atoms with E-state index in [4.69, 9.17) is 9.72 Å². The van der Waals surface area contributed by atoms with E-state index in [1.165, 1.54) is 25.7 Å². The van der Waals surface area contributed by atoms with Gasteiger partial charge < -0.3 is 19.5 Å². The van der Waals surface area contributed by atoms with Crippen molar-refractivity contribution in [3.8, 4) is 17.0 Å². The van der Waals surface area contributed by atoms with Gasteiger partial charge in [-0.15, -0.1) is 11.3 Å². The third-order valence-electron chi connectivity index (χ3n) is 7.43. The number of nitrogens with zero attached hydrogens (tertiary/aromatic N) is 2. The van der Waals surface area contributed by atoms with Gasteiger partial charge in [0.05, 0.1) is 17.8 Å². The molecule has 0 radical (unpaired) electrons. The van der Waals surface area contributed by atoms with Crippen LogP contribution in [0.5, 0.6) is 5.75 Å². The van der Waals surface area contributed by atoms with Gasteiger partial charge in [0.15, 0.2) is 5.13 Å². The van der Waals surface area contributed by atoms with Crippen molar-refractivity contribution in [2.75, 3.05) is 4.90 Å². The zero-order chi connectivity index (χ0) is 24.2. The number of ether oxygens (including phenoxy) is 1. The van der Waals surface area contributed by atoms with Gasteiger partial charge in [-0.1, -0.05) is 38.0 Å². The van der Waals surface area contributed by atoms with Crippen LogP contribution >= 0.6 is 11.3 Å². The number of rotatable bonds is 8. The van der Waals surface area contributed by atoms with Crippen molar-refractivity contribution in [3.05, 3.63) is 65.0 Å². The number of thiazole rings is 1. The first-order valence-corrected chi connectivity index (χ1v) is 13.7. The van der Waals surface area contributed by atoms with Crippen molar-refractivity contribution in [3.63, 3.8) is 0 Å². The van der Waals surface area contributed by atoms with E-state index in [1.807, 2.05) is 6.07 Å². The fourth-order valence-electron chi connectivity index (χ4n) is 5.34. The summed E-state index contributed by atoms with van der Waals surface area (Å²) in [5.74, 6) is 0.614. The Morgan fingerprint density at radius 3 is 2.47 bits per heavy atom. The van der Waals surface area contributed by atoms with Crippen molar-refractivity contribution < 1.29 is 44.2 Å². The van der Waals surface area contributed by atoms with Gasteiger partial charge in [0.1, 0.15) is 5.75 Å². The van der Waals surface area contributed by atoms with E-state index in [9.17, 15) is 9.90 Å². The number of carbonyl (C=O) groups excluding carboxylic acids is 1. The van der Waals surface area contributed by atoms with Gasteiger partial charge in [0, 0.05) is 23.5 Å². The summed E-state index contributed by atoms with van der Waals surface area (Å²) in [6, 6.07) is 15.8. The van der Waals surface area contributed by atoms with Gasteiger partial charge in [0.2, 0.25) is 0 Å². The number of carbonyl (C=O) groups is 1. The van der Waals surface area contributed by atoms with Crippen molar-refractivity contribution in [2.45, 2.75) is 77.0 Å². The Bertz CT molecular complexity index is 1140. The molecule has 3 aromatic rings. The van der Waals surface area contributed by atoms with Crippen molar-refractivity contribution in [2.24, 2.45) is 5.92 Å². The zero-order valence-corrected chi connectivity index (χ0v) is 24.1. The molecule has 0 amide bonds. The molecule has 2 aromatic carbocycles. The molecule has 2 saturated carbocycles. The minimum atomic E-state index is -1.14. The van der Waals surface area contributed by atoms with Crippen LogP contribution in [0.1, 0.15) is 74.2 Å². The van der Waals surface area contributed by atoms with Crippen LogP contribution in [0.3, 0.4) is 0 Å². The van der Waals surface area contributed by atoms with Gasteiger partial charge in [0.25, 0.3) is 0 Å². The molecule has 2 fully saturated rings. The predicted molar refractivity (Wildman–Crippen MR) is 139 cm³/mol. The third-order valence-corrected chi connectivity index (χ3v) is 8.31. The number of hydrogen-bond donors (Lipinski definition) is 0. The van der Waals surface area contributed by atoms with E-state index < -0.39 is 5.97 Å². The van der Waals surface area contributed by atoms with E-state index >= 15 is 0 Å². The number of anilines is 1. The number of carboxylic acids is 1. The van der Waals surface area contributed by atoms with Gasteiger partial charge in [-0.05, 0) is 85.9 Å². The van der Waals surface area contributed by atoms with Crippen LogP contribution in [-0.2, 0) is 6.54 Å². The Labute approximate surface area is 240 Å². The second kappa shape index (κ2) is 12.6. The van der Waals surface area contributed by atoms with Crippen LogP contribution in [-0.4, -0.2) is 23.1 Å². The summed E-state index contributed by atoms with van der Waals surface area (Å²) in [5.41, 5.74) is 3.24. The molecule has 0 spiro atoms. The molecule has 2 aliphatic carbocycles. The summed E-state index contributed by atoms with van der Waals surface area (Å²) in [7, 11) is 0. The quantitative estimate of drug-likeness (QED) is 0.434. The second-order valence-corrected chi connectivity index (χ2v) is 10.9. The Balaban J connectivity index is 0.00000304. The van der Waals surface area contributed by atoms with Gasteiger partial charge in [-0.3, -0.25) is 0 Å². The number of carboxylic acid groups (broad SMARTS) is 1. The molecule has 184 valence electrons. The average Bonchev–Trinajstić information content (AvgIpc) is 3.58. The normalized spacial score (nSPS) is 20.0. The minimum Gasteiger partial charge on any atom is -0.545 e. The summed E-state index contributed by atoms with van der Waals surface area (Å²) in [4.78, 5) is 18.7. The second-order valence-electron chi connectivity index (χ2n) is 10.1. The van der Waals surface area contributed by atoms with Crippen LogP contribution in [0, 0.1) is 5.92 Å². The maximum absolute atomic E-state index is 11.3. The zero-order valence-electron chi connectivity index (χ0n) is 21.3. The summed E-state index contributed by atoms with van der Waals surface area (Å²) < 4.78 is 6.23. The van der Waals surface area contributed by atoms with E-state index in [0.717, 1.165) is 59.3 Å². The van der Waals surface area contributed by atoms with Crippen LogP contribution in [0.15, 0.2) is 53.9 Å². The minimum absolute atomic E-state index is 0. The topological polar surface area (TPSA) is 65.5 Å². The van der Waals surface area contributed by atoms with E-state index in [1.54, 1.807) is 29.5 Å². The molecule has 5 rings (SSSR count).